The van der Waals surface area contributed by atoms with Gasteiger partial charge in [0.1, 0.15) is 0 Å². The SMILES string of the molecule is CCC[C-]=P(c1ccccc1)(c1ccccc1)c1ccccc1.[Cl-].[Li+].[Li+]. The first-order valence-electron chi connectivity index (χ1n) is 8.19. The Morgan fingerprint density at radius 2 is 0.923 bits per heavy atom. The molecule has 0 bridgehead atoms. The second kappa shape index (κ2) is 12.8. The first-order valence-corrected chi connectivity index (χ1v) is 9.98. The van der Waals surface area contributed by atoms with Crippen LogP contribution in [0.5, 0.6) is 0 Å². The topological polar surface area (TPSA) is 0 Å². The van der Waals surface area contributed by atoms with Crippen LogP contribution in [-0.4, -0.2) is 5.80 Å². The minimum Gasteiger partial charge on any atom is -1.00 e. The van der Waals surface area contributed by atoms with Crippen LogP contribution in [0.1, 0.15) is 19.8 Å². The average molecular weight is 367 g/mol. The molecule has 0 aromatic heterocycles. The Bertz CT molecular complexity index is 687. The molecule has 0 aliphatic carbocycles. The van der Waals surface area contributed by atoms with Gasteiger partial charge in [0.2, 0.25) is 0 Å². The predicted molar refractivity (Wildman–Crippen MR) is 105 cm³/mol. The standard InChI is InChI=1S/C22H22P.ClH.2Li/c1-2-3-19-23(20-13-7-4-8-14-20,21-15-9-5-10-16-21)22-17-11-6-12-18-22;;;/h4-18H,2-3H2,1H3;1H;;/q-1;;2*+1/p-1. The third kappa shape index (κ3) is 5.48. The van der Waals surface area contributed by atoms with Crippen LogP contribution in [0, 0.1) is 0 Å². The Kier molecular flexibility index (Phi) is 12.5. The van der Waals surface area contributed by atoms with E-state index in [1.165, 1.54) is 15.9 Å². The van der Waals surface area contributed by atoms with Crippen molar-refractivity contribution in [3.63, 3.8) is 0 Å². The molecule has 0 amide bonds. The van der Waals surface area contributed by atoms with E-state index in [-0.39, 0.29) is 50.1 Å². The molecule has 3 rings (SSSR count). The van der Waals surface area contributed by atoms with Gasteiger partial charge in [-0.2, -0.15) is 13.3 Å². The van der Waals surface area contributed by atoms with Crippen molar-refractivity contribution in [3.05, 3.63) is 91.0 Å². The minimum absolute atomic E-state index is 0. The molecule has 0 atom stereocenters. The van der Waals surface area contributed by atoms with E-state index < -0.39 is 6.89 Å². The Morgan fingerprint density at radius 3 is 1.19 bits per heavy atom. The van der Waals surface area contributed by atoms with Crippen LogP contribution in [0.4, 0.5) is 0 Å². The van der Waals surface area contributed by atoms with Gasteiger partial charge in [0, 0.05) is 0 Å². The molecule has 0 saturated carbocycles. The zero-order valence-electron chi connectivity index (χ0n) is 15.9. The molecular weight excluding hydrogens is 345 g/mol. The summed E-state index contributed by atoms with van der Waals surface area (Å²) >= 11 is 0. The summed E-state index contributed by atoms with van der Waals surface area (Å²) in [6, 6.07) is 32.7. The van der Waals surface area contributed by atoms with E-state index in [0.29, 0.717) is 0 Å². The molecule has 0 radical (unpaired) electrons. The Labute approximate surface area is 188 Å². The van der Waals surface area contributed by atoms with Gasteiger partial charge in [-0.05, 0) is 15.9 Å². The normalized spacial score (nSPS) is 9.88. The van der Waals surface area contributed by atoms with Crippen LogP contribution in [0.3, 0.4) is 0 Å². The summed E-state index contributed by atoms with van der Waals surface area (Å²) in [5, 5.41) is 4.14. The quantitative estimate of drug-likeness (QED) is 0.242. The van der Waals surface area contributed by atoms with E-state index in [2.05, 4.69) is 104 Å². The molecule has 0 heterocycles. The van der Waals surface area contributed by atoms with Gasteiger partial charge in [-0.25, -0.2) is 0 Å². The van der Waals surface area contributed by atoms with E-state index in [9.17, 15) is 0 Å². The van der Waals surface area contributed by atoms with Gasteiger partial charge < -0.3 is 18.2 Å². The van der Waals surface area contributed by atoms with Crippen LogP contribution in [0.15, 0.2) is 91.0 Å². The van der Waals surface area contributed by atoms with Gasteiger partial charge in [-0.1, -0.05) is 104 Å². The zero-order chi connectivity index (χ0) is 16.0. The van der Waals surface area contributed by atoms with E-state index in [1.807, 2.05) is 0 Å². The molecule has 0 aliphatic rings. The van der Waals surface area contributed by atoms with E-state index in [0.717, 1.165) is 12.8 Å². The van der Waals surface area contributed by atoms with Crippen molar-refractivity contribution in [3.8, 4) is 0 Å². The second-order valence-corrected chi connectivity index (χ2v) is 8.79. The summed E-state index contributed by atoms with van der Waals surface area (Å²) in [5.41, 5.74) is 0. The summed E-state index contributed by atoms with van der Waals surface area (Å²) in [6.45, 7) is 0.405. The molecule has 0 fully saturated rings. The molecule has 0 spiro atoms. The summed E-state index contributed by atoms with van der Waals surface area (Å²) in [6.07, 6.45) is 2.13. The van der Waals surface area contributed by atoms with Crippen molar-refractivity contribution in [2.75, 3.05) is 0 Å². The first kappa shape index (κ1) is 25.4. The molecule has 4 heteroatoms. The van der Waals surface area contributed by atoms with E-state index in [4.69, 9.17) is 0 Å². The van der Waals surface area contributed by atoms with E-state index >= 15 is 0 Å². The molecule has 0 aliphatic heterocycles. The fourth-order valence-electron chi connectivity index (χ4n) is 2.96. The fraction of sp³-hybridized carbons (Fsp3) is 0.136. The number of halogens is 1. The fourth-order valence-corrected chi connectivity index (χ4v) is 6.81. The number of hydrogen-bond donors (Lipinski definition) is 0. The molecule has 0 unspecified atom stereocenters. The molecular formula is C22H22ClLi2P. The maximum Gasteiger partial charge on any atom is 1.00 e. The van der Waals surface area contributed by atoms with Crippen LogP contribution in [0.2, 0.25) is 0 Å². The Morgan fingerprint density at radius 1 is 0.615 bits per heavy atom. The molecule has 3 aromatic rings. The molecule has 124 valence electrons. The van der Waals surface area contributed by atoms with Gasteiger partial charge in [0.05, 0.1) is 0 Å². The molecule has 0 saturated heterocycles. The maximum absolute atomic E-state index is 3.94. The summed E-state index contributed by atoms with van der Waals surface area (Å²) in [7, 11) is 0. The van der Waals surface area contributed by atoms with Crippen molar-refractivity contribution in [1.29, 1.82) is 0 Å². The third-order valence-electron chi connectivity index (χ3n) is 4.03. The van der Waals surface area contributed by atoms with Crippen LogP contribution >= 0.6 is 6.89 Å². The van der Waals surface area contributed by atoms with Crippen molar-refractivity contribution in [1.82, 2.24) is 0 Å². The Hall–Kier alpha value is -0.555. The van der Waals surface area contributed by atoms with Gasteiger partial charge in [0.25, 0.3) is 0 Å². The Balaban J connectivity index is 0.00000208. The van der Waals surface area contributed by atoms with Crippen LogP contribution in [0.25, 0.3) is 0 Å². The average Bonchev–Trinajstić information content (AvgIpc) is 2.65. The van der Waals surface area contributed by atoms with Gasteiger partial charge >= 0.3 is 37.7 Å². The third-order valence-corrected chi connectivity index (χ3v) is 7.95. The zero-order valence-corrected chi connectivity index (χ0v) is 17.6. The van der Waals surface area contributed by atoms with Crippen molar-refractivity contribution < 1.29 is 50.1 Å². The molecule has 0 N–H and O–H groups in total. The number of rotatable bonds is 5. The summed E-state index contributed by atoms with van der Waals surface area (Å²) in [5.74, 6) is 3.94. The van der Waals surface area contributed by atoms with Gasteiger partial charge in [-0.3, -0.25) is 0 Å². The van der Waals surface area contributed by atoms with Gasteiger partial charge in [0.15, 0.2) is 0 Å². The van der Waals surface area contributed by atoms with Crippen molar-refractivity contribution in [2.24, 2.45) is 0 Å². The second-order valence-electron chi connectivity index (χ2n) is 5.59. The smallest absolute Gasteiger partial charge is 1.00 e. The van der Waals surface area contributed by atoms with E-state index in [1.54, 1.807) is 0 Å². The summed E-state index contributed by atoms with van der Waals surface area (Å²) in [4.78, 5) is 0. The minimum atomic E-state index is -1.82. The number of unbranched alkanes of at least 4 members (excludes halogenated alkanes) is 1. The number of hydrogen-bond acceptors (Lipinski definition) is 0. The number of benzene rings is 3. The molecule has 3 aromatic carbocycles. The van der Waals surface area contributed by atoms with Crippen molar-refractivity contribution in [2.45, 2.75) is 19.8 Å². The predicted octanol–water partition coefficient (Wildman–Crippen LogP) is -4.53. The maximum atomic E-state index is 3.94. The molecule has 26 heavy (non-hydrogen) atoms. The molecule has 0 nitrogen and oxygen atoms in total. The largest absolute Gasteiger partial charge is 1.00 e. The summed E-state index contributed by atoms with van der Waals surface area (Å²) < 4.78 is 0. The van der Waals surface area contributed by atoms with Crippen LogP contribution in [-0.2, 0) is 0 Å². The van der Waals surface area contributed by atoms with Gasteiger partial charge in [-0.15, -0.1) is 0 Å². The van der Waals surface area contributed by atoms with Crippen molar-refractivity contribution >= 4 is 28.6 Å². The van der Waals surface area contributed by atoms with Crippen LogP contribution < -0.4 is 66.0 Å². The first-order chi connectivity index (χ1) is 11.4. The monoisotopic (exact) mass is 366 g/mol.